The van der Waals surface area contributed by atoms with Crippen molar-refractivity contribution in [3.8, 4) is 6.07 Å². The van der Waals surface area contributed by atoms with Gasteiger partial charge in [0.1, 0.15) is 0 Å². The molecule has 0 spiro atoms. The fourth-order valence-corrected chi connectivity index (χ4v) is 2.20. The van der Waals surface area contributed by atoms with E-state index in [0.717, 1.165) is 12.1 Å². The number of pyridine rings is 1. The van der Waals surface area contributed by atoms with E-state index in [1.54, 1.807) is 24.3 Å². The quantitative estimate of drug-likeness (QED) is 0.782. The Bertz CT molecular complexity index is 765. The highest BCUT2D eigenvalue weighted by Crippen LogP contribution is 2.29. The van der Waals surface area contributed by atoms with Crippen LogP contribution in [0.15, 0.2) is 42.6 Å². The van der Waals surface area contributed by atoms with Crippen molar-refractivity contribution in [3.05, 3.63) is 65.0 Å². The molecule has 0 aliphatic carbocycles. The number of Topliss-reactive ketones (excluding diaryl/α,β-unsaturated/α-hetero) is 1. The molecule has 0 aliphatic heterocycles. The third-order valence-corrected chi connectivity index (χ3v) is 3.38. The number of nitriles is 1. The Hall–Kier alpha value is -2.72. The Labute approximate surface area is 136 Å². The molecule has 7 heteroatoms. The average molecular weight is 334 g/mol. The van der Waals surface area contributed by atoms with Gasteiger partial charge in [0.25, 0.3) is 0 Å². The number of nitrogens with zero attached hydrogens (tertiary/aromatic N) is 2. The maximum atomic E-state index is 12.6. The lowest BCUT2D eigenvalue weighted by atomic mass is 9.92. The molecule has 0 saturated carbocycles. The summed E-state index contributed by atoms with van der Waals surface area (Å²) in [6.07, 6.45) is -3.91. The zero-order valence-electron chi connectivity index (χ0n) is 12.7. The second-order valence-electron chi connectivity index (χ2n) is 4.99. The van der Waals surface area contributed by atoms with Gasteiger partial charge in [0.15, 0.2) is 11.7 Å². The summed E-state index contributed by atoms with van der Waals surface area (Å²) in [6.45, 7) is 0.181. The molecule has 24 heavy (non-hydrogen) atoms. The van der Waals surface area contributed by atoms with Gasteiger partial charge in [-0.1, -0.05) is 24.3 Å². The molecule has 1 heterocycles. The Morgan fingerprint density at radius 2 is 2.00 bits per heavy atom. The molecule has 1 aromatic heterocycles. The zero-order valence-corrected chi connectivity index (χ0v) is 12.7. The van der Waals surface area contributed by atoms with Crippen LogP contribution in [0.3, 0.4) is 0 Å². The largest absolute Gasteiger partial charge is 0.417 e. The molecule has 124 valence electrons. The van der Waals surface area contributed by atoms with Gasteiger partial charge < -0.3 is 4.74 Å². The number of methoxy groups -OCH3 is 1. The molecule has 4 nitrogen and oxygen atoms in total. The molecule has 0 radical (unpaired) electrons. The van der Waals surface area contributed by atoms with Crippen LogP contribution in [0.5, 0.6) is 0 Å². The number of halogens is 3. The summed E-state index contributed by atoms with van der Waals surface area (Å²) in [5.41, 5.74) is -0.0809. The minimum atomic E-state index is -4.53. The molecular formula is C17H13F3N2O2. The summed E-state index contributed by atoms with van der Waals surface area (Å²) in [5, 5.41) is 9.30. The van der Waals surface area contributed by atoms with Crippen molar-refractivity contribution >= 4 is 5.78 Å². The van der Waals surface area contributed by atoms with Crippen molar-refractivity contribution < 1.29 is 22.7 Å². The van der Waals surface area contributed by atoms with Crippen molar-refractivity contribution in [2.45, 2.75) is 18.7 Å². The zero-order chi connectivity index (χ0) is 17.7. The SMILES string of the molecule is COCc1ccccc1C(=O)C(C#N)c1ccc(C(F)(F)F)cn1. The maximum Gasteiger partial charge on any atom is 0.417 e. The molecule has 0 bridgehead atoms. The number of aromatic nitrogens is 1. The number of alkyl halides is 3. The van der Waals surface area contributed by atoms with Crippen molar-refractivity contribution in [2.24, 2.45) is 0 Å². The number of ether oxygens (including phenoxy) is 1. The minimum absolute atomic E-state index is 0.0253. The number of ketones is 1. The van der Waals surface area contributed by atoms with Gasteiger partial charge in [-0.2, -0.15) is 18.4 Å². The van der Waals surface area contributed by atoms with E-state index >= 15 is 0 Å². The van der Waals surface area contributed by atoms with Crippen LogP contribution in [0.2, 0.25) is 0 Å². The van der Waals surface area contributed by atoms with Gasteiger partial charge in [-0.25, -0.2) is 0 Å². The lowest BCUT2D eigenvalue weighted by molar-refractivity contribution is -0.137. The van der Waals surface area contributed by atoms with E-state index in [9.17, 15) is 23.2 Å². The van der Waals surface area contributed by atoms with Crippen LogP contribution < -0.4 is 0 Å². The molecule has 1 atom stereocenters. The van der Waals surface area contributed by atoms with Gasteiger partial charge in [-0.05, 0) is 17.7 Å². The normalized spacial score (nSPS) is 12.5. The van der Waals surface area contributed by atoms with E-state index < -0.39 is 23.4 Å². The van der Waals surface area contributed by atoms with Gasteiger partial charge in [-0.15, -0.1) is 0 Å². The summed E-state index contributed by atoms with van der Waals surface area (Å²) in [4.78, 5) is 16.3. The summed E-state index contributed by atoms with van der Waals surface area (Å²) in [5.74, 6) is -1.82. The van der Waals surface area contributed by atoms with E-state index in [2.05, 4.69) is 4.98 Å². The molecular weight excluding hydrogens is 321 g/mol. The average Bonchev–Trinajstić information content (AvgIpc) is 2.56. The molecule has 2 rings (SSSR count). The number of rotatable bonds is 5. The van der Waals surface area contributed by atoms with E-state index in [1.165, 1.54) is 7.11 Å². The van der Waals surface area contributed by atoms with Crippen molar-refractivity contribution in [3.63, 3.8) is 0 Å². The first-order valence-electron chi connectivity index (χ1n) is 6.92. The van der Waals surface area contributed by atoms with E-state index in [4.69, 9.17) is 4.74 Å². The molecule has 0 aliphatic rings. The summed E-state index contributed by atoms with van der Waals surface area (Å²) >= 11 is 0. The van der Waals surface area contributed by atoms with Gasteiger partial charge in [0, 0.05) is 18.9 Å². The van der Waals surface area contributed by atoms with Crippen LogP contribution in [0, 0.1) is 11.3 Å². The number of carbonyl (C=O) groups excluding carboxylic acids is 1. The van der Waals surface area contributed by atoms with Gasteiger partial charge in [-0.3, -0.25) is 9.78 Å². The van der Waals surface area contributed by atoms with Gasteiger partial charge in [0.05, 0.1) is 23.9 Å². The highest BCUT2D eigenvalue weighted by atomic mass is 19.4. The number of benzene rings is 1. The molecule has 0 N–H and O–H groups in total. The van der Waals surface area contributed by atoms with Crippen LogP contribution in [0.4, 0.5) is 13.2 Å². The van der Waals surface area contributed by atoms with Crippen molar-refractivity contribution in [1.29, 1.82) is 5.26 Å². The van der Waals surface area contributed by atoms with Crippen LogP contribution in [-0.2, 0) is 17.5 Å². The monoisotopic (exact) mass is 334 g/mol. The van der Waals surface area contributed by atoms with E-state index in [1.807, 2.05) is 6.07 Å². The minimum Gasteiger partial charge on any atom is -0.380 e. The molecule has 2 aromatic rings. The topological polar surface area (TPSA) is 63.0 Å². The molecule has 0 saturated heterocycles. The summed E-state index contributed by atoms with van der Waals surface area (Å²) in [7, 11) is 1.47. The van der Waals surface area contributed by atoms with Crippen LogP contribution in [-0.4, -0.2) is 17.9 Å². The van der Waals surface area contributed by atoms with E-state index in [-0.39, 0.29) is 17.9 Å². The lowest BCUT2D eigenvalue weighted by Gasteiger charge is -2.12. The molecule has 0 amide bonds. The van der Waals surface area contributed by atoms with E-state index in [0.29, 0.717) is 11.8 Å². The third-order valence-electron chi connectivity index (χ3n) is 3.38. The van der Waals surface area contributed by atoms with Crippen LogP contribution in [0.25, 0.3) is 0 Å². The van der Waals surface area contributed by atoms with Crippen molar-refractivity contribution in [1.82, 2.24) is 4.98 Å². The Morgan fingerprint density at radius 3 is 2.54 bits per heavy atom. The number of hydrogen-bond donors (Lipinski definition) is 0. The number of hydrogen-bond acceptors (Lipinski definition) is 4. The van der Waals surface area contributed by atoms with Crippen LogP contribution in [0.1, 0.15) is 33.1 Å². The fraction of sp³-hybridized carbons (Fsp3) is 0.235. The predicted octanol–water partition coefficient (Wildman–Crippen LogP) is 3.74. The molecule has 0 fully saturated rings. The molecule has 1 unspecified atom stereocenters. The van der Waals surface area contributed by atoms with Gasteiger partial charge >= 0.3 is 6.18 Å². The highest BCUT2D eigenvalue weighted by Gasteiger charge is 2.32. The maximum absolute atomic E-state index is 12.6. The van der Waals surface area contributed by atoms with Gasteiger partial charge in [0.2, 0.25) is 0 Å². The first kappa shape index (κ1) is 17.6. The first-order chi connectivity index (χ1) is 11.4. The first-order valence-corrected chi connectivity index (χ1v) is 6.92. The Morgan fingerprint density at radius 1 is 1.29 bits per heavy atom. The third kappa shape index (κ3) is 3.78. The second kappa shape index (κ2) is 7.23. The number of carbonyl (C=O) groups is 1. The smallest absolute Gasteiger partial charge is 0.380 e. The highest BCUT2D eigenvalue weighted by molar-refractivity contribution is 6.03. The van der Waals surface area contributed by atoms with Crippen LogP contribution >= 0.6 is 0 Å². The summed E-state index contributed by atoms with van der Waals surface area (Å²) < 4.78 is 42.7. The Kier molecular flexibility index (Phi) is 5.31. The Balaban J connectivity index is 2.35. The molecule has 1 aromatic carbocycles. The standard InChI is InChI=1S/C17H13F3N2O2/c1-24-10-11-4-2-3-5-13(11)16(23)14(8-21)15-7-6-12(9-22-15)17(18,19)20/h2-7,9,14H,10H2,1H3. The summed E-state index contributed by atoms with van der Waals surface area (Å²) in [6, 6.07) is 10.3. The second-order valence-corrected chi connectivity index (χ2v) is 4.99. The fourth-order valence-electron chi connectivity index (χ4n) is 2.20. The van der Waals surface area contributed by atoms with Crippen molar-refractivity contribution in [2.75, 3.05) is 7.11 Å². The predicted molar refractivity (Wildman–Crippen MR) is 79.1 cm³/mol. The lowest BCUT2D eigenvalue weighted by Crippen LogP contribution is -2.15.